The number of carbonyl (C=O) groups excluding carboxylic acids is 1. The number of hydrogen-bond acceptors (Lipinski definition) is 5. The van der Waals surface area contributed by atoms with Crippen LogP contribution in [-0.2, 0) is 5.75 Å². The van der Waals surface area contributed by atoms with Crippen molar-refractivity contribution >= 4 is 29.0 Å². The van der Waals surface area contributed by atoms with Gasteiger partial charge in [0, 0.05) is 23.8 Å². The Morgan fingerprint density at radius 1 is 1.15 bits per heavy atom. The molecular weight excluding hydrogens is 372 g/mol. The third kappa shape index (κ3) is 3.52. The molecule has 0 saturated carbocycles. The molecule has 0 aliphatic carbocycles. The van der Waals surface area contributed by atoms with E-state index in [1.807, 2.05) is 12.1 Å². The van der Waals surface area contributed by atoms with E-state index < -0.39 is 11.9 Å². The van der Waals surface area contributed by atoms with E-state index in [2.05, 4.69) is 10.3 Å². The molecule has 0 bridgehead atoms. The predicted molar refractivity (Wildman–Crippen MR) is 99.9 cm³/mol. The highest BCUT2D eigenvalue weighted by Gasteiger charge is 2.35. The number of benzene rings is 1. The largest absolute Gasteiger partial charge is 0.461 e. The molecule has 0 fully saturated rings. The molecule has 1 N–H and O–H groups in total. The lowest BCUT2D eigenvalue weighted by atomic mass is 10.1. The number of fused-ring (bicyclic) bond motifs is 1. The minimum absolute atomic E-state index is 0.0597. The van der Waals surface area contributed by atoms with Gasteiger partial charge in [-0.15, -0.1) is 0 Å². The van der Waals surface area contributed by atoms with E-state index in [0.29, 0.717) is 40.2 Å². The van der Waals surface area contributed by atoms with Crippen LogP contribution in [0.15, 0.2) is 65.3 Å². The summed E-state index contributed by atoms with van der Waals surface area (Å²) in [5.41, 5.74) is 1.89. The zero-order valence-corrected chi connectivity index (χ0v) is 14.8. The zero-order chi connectivity index (χ0) is 18.8. The predicted octanol–water partition coefficient (Wildman–Crippen LogP) is 4.90. The third-order valence-corrected chi connectivity index (χ3v) is 4.87. The molecule has 27 heavy (non-hydrogen) atoms. The Morgan fingerprint density at radius 3 is 2.70 bits per heavy atom. The lowest BCUT2D eigenvalue weighted by Gasteiger charge is -2.36. The SMILES string of the molecule is O=C1c2ccccc2N[C@H](c2ccc(CSC(F)F)o2)N1c1ccncc1. The molecule has 0 saturated heterocycles. The van der Waals surface area contributed by atoms with E-state index >= 15 is 0 Å². The fourth-order valence-corrected chi connectivity index (χ4v) is 3.43. The number of nitrogens with one attached hydrogen (secondary N) is 1. The van der Waals surface area contributed by atoms with Crippen molar-refractivity contribution in [3.8, 4) is 0 Å². The van der Waals surface area contributed by atoms with Crippen molar-refractivity contribution in [3.05, 3.63) is 78.0 Å². The van der Waals surface area contributed by atoms with Gasteiger partial charge >= 0.3 is 0 Å². The molecule has 1 amide bonds. The number of thioether (sulfide) groups is 1. The summed E-state index contributed by atoms with van der Waals surface area (Å²) in [6, 6.07) is 14.0. The van der Waals surface area contributed by atoms with Gasteiger partial charge in [0.25, 0.3) is 11.7 Å². The molecule has 8 heteroatoms. The van der Waals surface area contributed by atoms with Crippen LogP contribution in [0.1, 0.15) is 28.0 Å². The fraction of sp³-hybridized carbons (Fsp3) is 0.158. The number of carbonyl (C=O) groups is 1. The van der Waals surface area contributed by atoms with Crippen LogP contribution in [0.2, 0.25) is 0 Å². The minimum Gasteiger partial charge on any atom is -0.461 e. The maximum Gasteiger partial charge on any atom is 0.284 e. The van der Waals surface area contributed by atoms with Gasteiger partial charge in [0.2, 0.25) is 0 Å². The van der Waals surface area contributed by atoms with E-state index in [0.717, 1.165) is 0 Å². The highest BCUT2D eigenvalue weighted by molar-refractivity contribution is 7.98. The van der Waals surface area contributed by atoms with Crippen molar-refractivity contribution in [1.82, 2.24) is 4.98 Å². The maximum absolute atomic E-state index is 13.1. The Bertz CT molecular complexity index is 949. The standard InChI is InChI=1S/C19H15F2N3O2S/c20-19(21)27-11-13-5-6-16(26-13)17-23-15-4-2-1-3-14(15)18(25)24(17)12-7-9-22-10-8-12/h1-10,17,19,23H,11H2/t17-/m0/s1. The second kappa shape index (κ2) is 7.40. The molecule has 1 aliphatic rings. The minimum atomic E-state index is -2.46. The van der Waals surface area contributed by atoms with Crippen molar-refractivity contribution in [2.24, 2.45) is 0 Å². The monoisotopic (exact) mass is 387 g/mol. The number of hydrogen-bond donors (Lipinski definition) is 1. The smallest absolute Gasteiger partial charge is 0.284 e. The van der Waals surface area contributed by atoms with Crippen molar-refractivity contribution < 1.29 is 18.0 Å². The number of alkyl halides is 2. The summed E-state index contributed by atoms with van der Waals surface area (Å²) in [6.45, 7) is 0. The maximum atomic E-state index is 13.1. The normalized spacial score (nSPS) is 16.3. The van der Waals surface area contributed by atoms with E-state index in [9.17, 15) is 13.6 Å². The summed E-state index contributed by atoms with van der Waals surface area (Å²) in [5, 5.41) is 3.31. The van der Waals surface area contributed by atoms with Gasteiger partial charge in [-0.2, -0.15) is 8.78 Å². The first kappa shape index (κ1) is 17.5. The Morgan fingerprint density at radius 2 is 1.93 bits per heavy atom. The van der Waals surface area contributed by atoms with E-state index in [1.54, 1.807) is 53.7 Å². The molecule has 2 aromatic heterocycles. The van der Waals surface area contributed by atoms with Gasteiger partial charge in [0.15, 0.2) is 6.17 Å². The van der Waals surface area contributed by atoms with E-state index in [4.69, 9.17) is 4.42 Å². The van der Waals surface area contributed by atoms with E-state index in [1.165, 1.54) is 0 Å². The van der Waals surface area contributed by atoms with Crippen LogP contribution in [0.25, 0.3) is 0 Å². The summed E-state index contributed by atoms with van der Waals surface area (Å²) in [7, 11) is 0. The number of nitrogens with zero attached hydrogens (tertiary/aromatic N) is 2. The first-order valence-corrected chi connectivity index (χ1v) is 9.26. The van der Waals surface area contributed by atoms with Crippen LogP contribution < -0.4 is 10.2 Å². The number of amides is 1. The first-order chi connectivity index (χ1) is 13.1. The Balaban J connectivity index is 1.72. The fourth-order valence-electron chi connectivity index (χ4n) is 2.99. The molecule has 1 aliphatic heterocycles. The van der Waals surface area contributed by atoms with Crippen molar-refractivity contribution in [3.63, 3.8) is 0 Å². The van der Waals surface area contributed by atoms with Crippen LogP contribution in [0, 0.1) is 0 Å². The third-order valence-electron chi connectivity index (χ3n) is 4.17. The average Bonchev–Trinajstić information content (AvgIpc) is 3.16. The van der Waals surface area contributed by atoms with Crippen molar-refractivity contribution in [2.45, 2.75) is 17.7 Å². The van der Waals surface area contributed by atoms with Gasteiger partial charge in [-0.1, -0.05) is 23.9 Å². The molecule has 0 spiro atoms. The van der Waals surface area contributed by atoms with Gasteiger partial charge in [0.1, 0.15) is 11.5 Å². The van der Waals surface area contributed by atoms with Crippen LogP contribution in [-0.4, -0.2) is 16.6 Å². The number of rotatable bonds is 5. The van der Waals surface area contributed by atoms with E-state index in [-0.39, 0.29) is 11.7 Å². The average molecular weight is 387 g/mol. The summed E-state index contributed by atoms with van der Waals surface area (Å²) in [4.78, 5) is 18.7. The highest BCUT2D eigenvalue weighted by Crippen LogP contribution is 2.37. The molecule has 138 valence electrons. The summed E-state index contributed by atoms with van der Waals surface area (Å²) < 4.78 is 30.6. The molecule has 1 aromatic carbocycles. The van der Waals surface area contributed by atoms with Crippen LogP contribution in [0.4, 0.5) is 20.2 Å². The first-order valence-electron chi connectivity index (χ1n) is 8.21. The van der Waals surface area contributed by atoms with Crippen LogP contribution in [0.5, 0.6) is 0 Å². The Hall–Kier alpha value is -2.87. The summed E-state index contributed by atoms with van der Waals surface area (Å²) in [6.07, 6.45) is 2.61. The van der Waals surface area contributed by atoms with Gasteiger partial charge < -0.3 is 9.73 Å². The zero-order valence-electron chi connectivity index (χ0n) is 14.0. The topological polar surface area (TPSA) is 58.4 Å². The van der Waals surface area contributed by atoms with Gasteiger partial charge in [-0.3, -0.25) is 14.7 Å². The highest BCUT2D eigenvalue weighted by atomic mass is 32.2. The molecular formula is C19H15F2N3O2S. The van der Waals surface area contributed by atoms with Crippen LogP contribution >= 0.6 is 11.8 Å². The lowest BCUT2D eigenvalue weighted by molar-refractivity contribution is 0.0971. The Kier molecular flexibility index (Phi) is 4.81. The molecule has 3 heterocycles. The molecule has 0 unspecified atom stereocenters. The number of para-hydroxylation sites is 1. The van der Waals surface area contributed by atoms with Crippen molar-refractivity contribution in [1.29, 1.82) is 0 Å². The number of pyridine rings is 1. The number of anilines is 2. The molecule has 3 aromatic rings. The summed E-state index contributed by atoms with van der Waals surface area (Å²) >= 11 is 0.494. The summed E-state index contributed by atoms with van der Waals surface area (Å²) in [5.74, 6) is -1.68. The van der Waals surface area contributed by atoms with Crippen LogP contribution in [0.3, 0.4) is 0 Å². The molecule has 0 radical (unpaired) electrons. The second-order valence-corrected chi connectivity index (χ2v) is 6.83. The van der Waals surface area contributed by atoms with Gasteiger partial charge in [-0.25, -0.2) is 0 Å². The quantitative estimate of drug-likeness (QED) is 0.675. The lowest BCUT2D eigenvalue weighted by Crippen LogP contribution is -2.43. The Labute approximate surface area is 158 Å². The molecule has 5 nitrogen and oxygen atoms in total. The van der Waals surface area contributed by atoms with Crippen molar-refractivity contribution in [2.75, 3.05) is 10.2 Å². The molecule has 4 rings (SSSR count). The number of aromatic nitrogens is 1. The molecule has 1 atom stereocenters. The van der Waals surface area contributed by atoms with Gasteiger partial charge in [-0.05, 0) is 36.4 Å². The van der Waals surface area contributed by atoms with Gasteiger partial charge in [0.05, 0.1) is 11.3 Å². The number of halogens is 2. The second-order valence-electron chi connectivity index (χ2n) is 5.85. The number of furan rings is 1.